The maximum absolute atomic E-state index is 11.5. The number of nitrogens with zero attached hydrogens (tertiary/aromatic N) is 2. The van der Waals surface area contributed by atoms with Crippen molar-refractivity contribution in [3.05, 3.63) is 22.5 Å². The maximum atomic E-state index is 11.5. The Morgan fingerprint density at radius 1 is 1.32 bits per heavy atom. The topological polar surface area (TPSA) is 144 Å². The van der Waals surface area contributed by atoms with Gasteiger partial charge in [0.1, 0.15) is 30.2 Å². The molecule has 4 atom stereocenters. The number of rotatable bonds is 1. The first kappa shape index (κ1) is 12.2. The van der Waals surface area contributed by atoms with Gasteiger partial charge in [-0.25, -0.2) is 9.97 Å². The Hall–Kier alpha value is -1.81. The summed E-state index contributed by atoms with van der Waals surface area (Å²) in [6.07, 6.45) is -3.57. The van der Waals surface area contributed by atoms with E-state index in [4.69, 9.17) is 4.74 Å². The summed E-state index contributed by atoms with van der Waals surface area (Å²) in [5.41, 5.74) is -0.0429. The van der Waals surface area contributed by atoms with E-state index in [2.05, 4.69) is 19.9 Å². The molecule has 3 heterocycles. The molecule has 0 amide bonds. The van der Waals surface area contributed by atoms with Crippen LogP contribution in [0.5, 0.6) is 0 Å². The number of aromatic amines is 2. The molecule has 2 aromatic heterocycles. The normalized spacial score (nSPS) is 31.7. The van der Waals surface area contributed by atoms with Crippen molar-refractivity contribution in [1.82, 2.24) is 19.9 Å². The van der Waals surface area contributed by atoms with Crippen molar-refractivity contribution >= 4 is 11.2 Å². The lowest BCUT2D eigenvalue weighted by molar-refractivity contribution is -0.191. The molecule has 0 aromatic carbocycles. The monoisotopic (exact) mass is 268 g/mol. The summed E-state index contributed by atoms with van der Waals surface area (Å²) in [7, 11) is 0. The number of nitrogens with one attached hydrogen (secondary N) is 2. The summed E-state index contributed by atoms with van der Waals surface area (Å²) >= 11 is 0. The molecule has 9 nitrogen and oxygen atoms in total. The lowest BCUT2D eigenvalue weighted by atomic mass is 10.00. The van der Waals surface area contributed by atoms with Gasteiger partial charge in [-0.05, 0) is 0 Å². The van der Waals surface area contributed by atoms with Gasteiger partial charge in [0.05, 0.1) is 12.9 Å². The molecule has 1 fully saturated rings. The van der Waals surface area contributed by atoms with Crippen LogP contribution < -0.4 is 5.56 Å². The second kappa shape index (κ2) is 4.38. The number of imidazole rings is 1. The van der Waals surface area contributed by atoms with E-state index in [1.807, 2.05) is 0 Å². The summed E-state index contributed by atoms with van der Waals surface area (Å²) < 4.78 is 5.23. The molecule has 9 heteroatoms. The molecule has 1 aliphatic heterocycles. The van der Waals surface area contributed by atoms with Crippen molar-refractivity contribution in [3.8, 4) is 0 Å². The number of H-pyrrole nitrogens is 2. The van der Waals surface area contributed by atoms with Crippen LogP contribution in [-0.2, 0) is 4.74 Å². The van der Waals surface area contributed by atoms with E-state index in [1.165, 1.54) is 6.33 Å². The van der Waals surface area contributed by atoms with Crippen LogP contribution in [-0.4, -0.2) is 60.2 Å². The third-order valence-electron chi connectivity index (χ3n) is 3.08. The minimum Gasteiger partial charge on any atom is -0.388 e. The zero-order valence-electron chi connectivity index (χ0n) is 9.65. The number of fused-ring (bicyclic) bond motifs is 1. The largest absolute Gasteiger partial charge is 0.388 e. The first-order valence-corrected chi connectivity index (χ1v) is 5.67. The van der Waals surface area contributed by atoms with Gasteiger partial charge in [0.25, 0.3) is 5.56 Å². The highest BCUT2D eigenvalue weighted by Crippen LogP contribution is 2.27. The fraction of sp³-hybridized carbons (Fsp3) is 0.500. The molecule has 3 rings (SSSR count). The molecule has 1 aliphatic rings. The first-order valence-electron chi connectivity index (χ1n) is 5.67. The zero-order valence-corrected chi connectivity index (χ0v) is 9.65. The van der Waals surface area contributed by atoms with E-state index < -0.39 is 30.0 Å². The van der Waals surface area contributed by atoms with Gasteiger partial charge in [0, 0.05) is 0 Å². The lowest BCUT2D eigenvalue weighted by Gasteiger charge is -2.34. The number of aliphatic hydroxyl groups is 3. The molecule has 0 saturated carbocycles. The maximum Gasteiger partial charge on any atom is 0.276 e. The first-order chi connectivity index (χ1) is 9.08. The van der Waals surface area contributed by atoms with Gasteiger partial charge < -0.3 is 30.0 Å². The van der Waals surface area contributed by atoms with Crippen molar-refractivity contribution in [3.63, 3.8) is 0 Å². The van der Waals surface area contributed by atoms with E-state index in [0.717, 1.165) is 0 Å². The molecular formula is C10H12N4O5. The smallest absolute Gasteiger partial charge is 0.276 e. The minimum absolute atomic E-state index is 0.135. The molecule has 0 spiro atoms. The number of aliphatic hydroxyl groups excluding tert-OH is 3. The summed E-state index contributed by atoms with van der Waals surface area (Å²) in [4.78, 5) is 24.5. The second-order valence-electron chi connectivity index (χ2n) is 4.35. The molecule has 19 heavy (non-hydrogen) atoms. The van der Waals surface area contributed by atoms with E-state index in [9.17, 15) is 20.1 Å². The van der Waals surface area contributed by atoms with Crippen LogP contribution in [0.2, 0.25) is 0 Å². The summed E-state index contributed by atoms with van der Waals surface area (Å²) in [5.74, 6) is 0.178. The van der Waals surface area contributed by atoms with Gasteiger partial charge in [-0.1, -0.05) is 0 Å². The highest BCUT2D eigenvalue weighted by Gasteiger charge is 2.40. The molecule has 2 aromatic rings. The zero-order chi connectivity index (χ0) is 13.6. The molecule has 102 valence electrons. The predicted molar refractivity (Wildman–Crippen MR) is 61.2 cm³/mol. The quantitative estimate of drug-likeness (QED) is 0.394. The Bertz CT molecular complexity index is 653. The second-order valence-corrected chi connectivity index (χ2v) is 4.35. The summed E-state index contributed by atoms with van der Waals surface area (Å²) in [5, 5.41) is 28.8. The fourth-order valence-electron chi connectivity index (χ4n) is 2.04. The van der Waals surface area contributed by atoms with Crippen LogP contribution >= 0.6 is 0 Å². The van der Waals surface area contributed by atoms with Gasteiger partial charge in [0.15, 0.2) is 11.2 Å². The van der Waals surface area contributed by atoms with Crippen molar-refractivity contribution in [1.29, 1.82) is 0 Å². The van der Waals surface area contributed by atoms with E-state index in [0.29, 0.717) is 0 Å². The molecule has 1 saturated heterocycles. The molecule has 0 unspecified atom stereocenters. The van der Waals surface area contributed by atoms with Gasteiger partial charge in [-0.2, -0.15) is 0 Å². The lowest BCUT2D eigenvalue weighted by Crippen LogP contribution is -2.49. The Morgan fingerprint density at radius 2 is 2.11 bits per heavy atom. The van der Waals surface area contributed by atoms with Crippen LogP contribution in [0, 0.1) is 0 Å². The summed E-state index contributed by atoms with van der Waals surface area (Å²) in [6, 6.07) is 0. The third kappa shape index (κ3) is 1.92. The number of hydrogen-bond donors (Lipinski definition) is 5. The van der Waals surface area contributed by atoms with Gasteiger partial charge in [-0.3, -0.25) is 4.79 Å². The number of aromatic nitrogens is 4. The van der Waals surface area contributed by atoms with Crippen LogP contribution in [0.3, 0.4) is 0 Å². The van der Waals surface area contributed by atoms with Gasteiger partial charge in [0.2, 0.25) is 0 Å². The standard InChI is InChI=1S/C10H12N4O5/c15-3-1-19-7(6(17)5(3)16)9-13-4-8(14-9)11-2-12-10(4)18/h2-3,5-7,15-17H,1H2,(H2,11,12,13,14,18)/t3-,5-,6-,7-/m1/s1. The average Bonchev–Trinajstić information content (AvgIpc) is 2.81. The van der Waals surface area contributed by atoms with Crippen molar-refractivity contribution < 1.29 is 20.1 Å². The highest BCUT2D eigenvalue weighted by atomic mass is 16.5. The molecule has 5 N–H and O–H groups in total. The number of ether oxygens (including phenoxy) is 1. The highest BCUT2D eigenvalue weighted by molar-refractivity contribution is 5.68. The van der Waals surface area contributed by atoms with Crippen molar-refractivity contribution in [2.75, 3.05) is 6.61 Å². The molecular weight excluding hydrogens is 256 g/mol. The molecule has 0 radical (unpaired) electrons. The van der Waals surface area contributed by atoms with Crippen LogP contribution in [0.1, 0.15) is 11.9 Å². The predicted octanol–water partition coefficient (Wildman–Crippen LogP) is -2.20. The Kier molecular flexibility index (Phi) is 2.82. The van der Waals surface area contributed by atoms with E-state index >= 15 is 0 Å². The van der Waals surface area contributed by atoms with Crippen molar-refractivity contribution in [2.24, 2.45) is 0 Å². The van der Waals surface area contributed by atoms with E-state index in [1.54, 1.807) is 0 Å². The molecule has 0 bridgehead atoms. The number of hydrogen-bond acceptors (Lipinski definition) is 7. The Morgan fingerprint density at radius 3 is 2.84 bits per heavy atom. The molecule has 0 aliphatic carbocycles. The van der Waals surface area contributed by atoms with Crippen molar-refractivity contribution in [2.45, 2.75) is 24.4 Å². The van der Waals surface area contributed by atoms with Gasteiger partial charge >= 0.3 is 0 Å². The van der Waals surface area contributed by atoms with E-state index in [-0.39, 0.29) is 23.6 Å². The Labute approximate surface area is 105 Å². The van der Waals surface area contributed by atoms with Crippen LogP contribution in [0.4, 0.5) is 0 Å². The Balaban J connectivity index is 2.00. The fourth-order valence-corrected chi connectivity index (χ4v) is 2.04. The van der Waals surface area contributed by atoms with Gasteiger partial charge in [-0.15, -0.1) is 0 Å². The summed E-state index contributed by atoms with van der Waals surface area (Å²) in [6.45, 7) is -0.135. The van der Waals surface area contributed by atoms with Crippen LogP contribution in [0.25, 0.3) is 11.2 Å². The minimum atomic E-state index is -1.34. The van der Waals surface area contributed by atoms with Crippen LogP contribution in [0.15, 0.2) is 11.1 Å². The third-order valence-corrected chi connectivity index (χ3v) is 3.08. The SMILES string of the molecule is O=c1[nH]cnc2nc([C@@H]3OC[C@@H](O)[C@@H](O)[C@H]3O)[nH]c12. The average molecular weight is 268 g/mol.